The van der Waals surface area contributed by atoms with Crippen LogP contribution in [0.25, 0.3) is 37.4 Å². The van der Waals surface area contributed by atoms with Crippen LogP contribution in [0.2, 0.25) is 0 Å². The lowest BCUT2D eigenvalue weighted by molar-refractivity contribution is 1.07. The Morgan fingerprint density at radius 3 is 2.71 bits per heavy atom. The van der Waals surface area contributed by atoms with Crippen LogP contribution in [0.1, 0.15) is 22.6 Å². The number of pyridine rings is 1. The smallest absolute Gasteiger partial charge is 0.0538 e. The second-order valence-corrected chi connectivity index (χ2v) is 9.23. The summed E-state index contributed by atoms with van der Waals surface area (Å²) in [5, 5.41) is 6.21. The van der Waals surface area contributed by atoms with Crippen molar-refractivity contribution in [1.29, 1.82) is 0 Å². The zero-order valence-electron chi connectivity index (χ0n) is 16.7. The van der Waals surface area contributed by atoms with E-state index in [1.807, 2.05) is 12.4 Å². The van der Waals surface area contributed by atoms with Gasteiger partial charge in [0.2, 0.25) is 0 Å². The molecule has 2 nitrogen and oxygen atoms in total. The van der Waals surface area contributed by atoms with Gasteiger partial charge >= 0.3 is 0 Å². The van der Waals surface area contributed by atoms with E-state index in [9.17, 15) is 0 Å². The van der Waals surface area contributed by atoms with Crippen molar-refractivity contribution < 1.29 is 0 Å². The number of nitrogens with zero attached hydrogens (tertiary/aromatic N) is 1. The Morgan fingerprint density at radius 2 is 1.71 bits per heavy atom. The molecule has 2 aliphatic carbocycles. The van der Waals surface area contributed by atoms with Gasteiger partial charge in [-0.1, -0.05) is 54.6 Å². The Labute approximate surface area is 184 Å². The van der Waals surface area contributed by atoms with Crippen LogP contribution in [-0.4, -0.2) is 4.98 Å². The third kappa shape index (κ3) is 2.54. The molecule has 1 N–H and O–H groups in total. The molecule has 3 aromatic carbocycles. The van der Waals surface area contributed by atoms with E-state index in [0.29, 0.717) is 5.92 Å². The molecule has 2 aliphatic rings. The summed E-state index contributed by atoms with van der Waals surface area (Å²) in [7, 11) is 0. The van der Waals surface area contributed by atoms with Gasteiger partial charge in [0.25, 0.3) is 0 Å². The van der Waals surface area contributed by atoms with Crippen LogP contribution in [0.5, 0.6) is 0 Å². The number of nitrogens with one attached hydrogen (secondary N) is 1. The molecule has 5 aromatic rings. The Balaban J connectivity index is 1.29. The predicted octanol–water partition coefficient (Wildman–Crippen LogP) is 7.89. The van der Waals surface area contributed by atoms with Crippen LogP contribution < -0.4 is 5.32 Å². The first kappa shape index (κ1) is 17.0. The number of rotatable bonds is 2. The summed E-state index contributed by atoms with van der Waals surface area (Å²) in [4.78, 5) is 4.27. The molecule has 0 radical (unpaired) electrons. The summed E-state index contributed by atoms with van der Waals surface area (Å²) in [5.74, 6) is 0.315. The predicted molar refractivity (Wildman–Crippen MR) is 132 cm³/mol. The fourth-order valence-electron chi connectivity index (χ4n) is 5.02. The molecule has 3 heteroatoms. The first-order chi connectivity index (χ1) is 15.3. The SMILES string of the molecule is C1=Cc2cccc3c2C(C=C1)c1cc(Nc2ccc4c(c2)sc2cnccc24)ccc1-3. The number of thiophene rings is 1. The zero-order chi connectivity index (χ0) is 20.4. The van der Waals surface area contributed by atoms with Crippen molar-refractivity contribution >= 4 is 49.0 Å². The minimum Gasteiger partial charge on any atom is -0.355 e. The van der Waals surface area contributed by atoms with Crippen molar-refractivity contribution in [3.63, 3.8) is 0 Å². The van der Waals surface area contributed by atoms with Gasteiger partial charge in [0.05, 0.1) is 4.70 Å². The molecular weight excluding hydrogens is 396 g/mol. The number of allylic oxidation sites excluding steroid dienone is 3. The standard InChI is InChI=1S/C28H18N2S/c1-2-6-24-25-14-18(8-10-20(25)23-7-3-5-17(4-1)28(23)24)30-19-9-11-21-22-12-13-29-16-27(22)31-26(21)15-19/h1-16,24,30H. The highest BCUT2D eigenvalue weighted by atomic mass is 32.1. The molecular formula is C28H18N2S. The zero-order valence-corrected chi connectivity index (χ0v) is 17.5. The Morgan fingerprint density at radius 1 is 0.806 bits per heavy atom. The van der Waals surface area contributed by atoms with E-state index >= 15 is 0 Å². The monoisotopic (exact) mass is 414 g/mol. The van der Waals surface area contributed by atoms with Gasteiger partial charge in [-0.3, -0.25) is 4.98 Å². The van der Waals surface area contributed by atoms with Crippen LogP contribution >= 0.6 is 11.3 Å². The van der Waals surface area contributed by atoms with E-state index < -0.39 is 0 Å². The average molecular weight is 415 g/mol. The molecule has 2 heterocycles. The molecule has 7 rings (SSSR count). The lowest BCUT2D eigenvalue weighted by Gasteiger charge is -2.12. The lowest BCUT2D eigenvalue weighted by Crippen LogP contribution is -1.96. The fraction of sp³-hybridized carbons (Fsp3) is 0.0357. The summed E-state index contributed by atoms with van der Waals surface area (Å²) in [6, 6.07) is 22.1. The maximum Gasteiger partial charge on any atom is 0.0538 e. The molecule has 0 saturated heterocycles. The lowest BCUT2D eigenvalue weighted by atomic mass is 9.93. The molecule has 2 aromatic heterocycles. The van der Waals surface area contributed by atoms with Crippen LogP contribution in [0.4, 0.5) is 11.4 Å². The van der Waals surface area contributed by atoms with Crippen molar-refractivity contribution in [1.82, 2.24) is 4.98 Å². The van der Waals surface area contributed by atoms with Gasteiger partial charge in [0.15, 0.2) is 0 Å². The first-order valence-electron chi connectivity index (χ1n) is 10.5. The van der Waals surface area contributed by atoms with E-state index in [0.717, 1.165) is 11.4 Å². The Hall–Kier alpha value is -3.69. The molecule has 0 bridgehead atoms. The summed E-state index contributed by atoms with van der Waals surface area (Å²) in [6.45, 7) is 0. The molecule has 1 unspecified atom stereocenters. The highest BCUT2D eigenvalue weighted by molar-refractivity contribution is 7.25. The number of hydrogen-bond donors (Lipinski definition) is 1. The highest BCUT2D eigenvalue weighted by Crippen LogP contribution is 2.49. The fourth-order valence-corrected chi connectivity index (χ4v) is 6.13. The van der Waals surface area contributed by atoms with Crippen molar-refractivity contribution in [2.75, 3.05) is 5.32 Å². The number of hydrogen-bond acceptors (Lipinski definition) is 3. The van der Waals surface area contributed by atoms with E-state index in [4.69, 9.17) is 0 Å². The Bertz CT molecular complexity index is 1570. The normalized spacial score (nSPS) is 15.8. The van der Waals surface area contributed by atoms with Gasteiger partial charge < -0.3 is 5.32 Å². The molecule has 1 atom stereocenters. The van der Waals surface area contributed by atoms with Gasteiger partial charge in [-0.25, -0.2) is 0 Å². The third-order valence-electron chi connectivity index (χ3n) is 6.38. The molecule has 0 saturated carbocycles. The number of fused-ring (bicyclic) bond motifs is 6. The summed E-state index contributed by atoms with van der Waals surface area (Å²) in [5.41, 5.74) is 9.08. The van der Waals surface area contributed by atoms with E-state index in [1.165, 1.54) is 48.0 Å². The number of aromatic nitrogens is 1. The highest BCUT2D eigenvalue weighted by Gasteiger charge is 2.29. The van der Waals surface area contributed by atoms with E-state index in [-0.39, 0.29) is 0 Å². The summed E-state index contributed by atoms with van der Waals surface area (Å²) in [6.07, 6.45) is 12.7. The second-order valence-electron chi connectivity index (χ2n) is 8.14. The first-order valence-corrected chi connectivity index (χ1v) is 11.3. The molecule has 146 valence electrons. The average Bonchev–Trinajstić information content (AvgIpc) is 3.22. The van der Waals surface area contributed by atoms with Crippen LogP contribution in [0.3, 0.4) is 0 Å². The molecule has 31 heavy (non-hydrogen) atoms. The maximum absolute atomic E-state index is 4.27. The molecule has 0 fully saturated rings. The van der Waals surface area contributed by atoms with E-state index in [1.54, 1.807) is 11.3 Å². The van der Waals surface area contributed by atoms with E-state index in [2.05, 4.69) is 95.3 Å². The second kappa shape index (κ2) is 6.40. The number of benzene rings is 3. The topological polar surface area (TPSA) is 24.9 Å². The molecule has 0 aliphatic heterocycles. The van der Waals surface area contributed by atoms with Gasteiger partial charge in [-0.2, -0.15) is 0 Å². The summed E-state index contributed by atoms with van der Waals surface area (Å²) >= 11 is 1.80. The minimum absolute atomic E-state index is 0.315. The van der Waals surface area contributed by atoms with Gasteiger partial charge in [0.1, 0.15) is 0 Å². The number of anilines is 2. The van der Waals surface area contributed by atoms with Crippen LogP contribution in [0.15, 0.2) is 91.3 Å². The van der Waals surface area contributed by atoms with Crippen molar-refractivity contribution in [3.8, 4) is 11.1 Å². The van der Waals surface area contributed by atoms with Crippen molar-refractivity contribution in [2.45, 2.75) is 5.92 Å². The van der Waals surface area contributed by atoms with Crippen molar-refractivity contribution in [3.05, 3.63) is 108 Å². The largest absolute Gasteiger partial charge is 0.355 e. The van der Waals surface area contributed by atoms with Crippen LogP contribution in [-0.2, 0) is 0 Å². The van der Waals surface area contributed by atoms with Gasteiger partial charge in [0, 0.05) is 45.2 Å². The third-order valence-corrected chi connectivity index (χ3v) is 7.49. The van der Waals surface area contributed by atoms with Crippen molar-refractivity contribution in [2.24, 2.45) is 0 Å². The minimum atomic E-state index is 0.315. The van der Waals surface area contributed by atoms with Crippen LogP contribution in [0, 0.1) is 0 Å². The van der Waals surface area contributed by atoms with Gasteiger partial charge in [-0.05, 0) is 58.1 Å². The maximum atomic E-state index is 4.27. The molecule has 0 amide bonds. The van der Waals surface area contributed by atoms with Gasteiger partial charge in [-0.15, -0.1) is 11.3 Å². The quantitative estimate of drug-likeness (QED) is 0.318. The molecule has 0 spiro atoms. The Kier molecular flexibility index (Phi) is 3.52. The summed E-state index contributed by atoms with van der Waals surface area (Å²) < 4.78 is 2.51.